The molecule has 1 aliphatic heterocycles. The van der Waals surface area contributed by atoms with Crippen LogP contribution in [0.3, 0.4) is 0 Å². The lowest BCUT2D eigenvalue weighted by Gasteiger charge is -2.29. The maximum absolute atomic E-state index is 12.4. The van der Waals surface area contributed by atoms with Crippen LogP contribution in [-0.4, -0.2) is 68.2 Å². The Morgan fingerprint density at radius 3 is 1.21 bits per heavy atom. The summed E-state index contributed by atoms with van der Waals surface area (Å²) in [5.41, 5.74) is 0. The quantitative estimate of drug-likeness (QED) is 0.0446. The lowest BCUT2D eigenvalue weighted by molar-refractivity contribution is -0.180. The van der Waals surface area contributed by atoms with Gasteiger partial charge in [-0.1, -0.05) is 208 Å². The standard InChI is InChI=1S/C54H105NO6/c1-7-13-27-35-49(36-28-14-8-2)41-45-58-52(56)39-31-23-19-17-21-25-33-43-54(60-48-51(61-54)47-55(11-5)12-6)44-34-26-22-18-20-24-32-40-53(57)59-46-42-50(37-29-15-9-3)38-30-16-10-4/h49-51H,7-48H2,1-6H3. The Bertz CT molecular complexity index is 891. The molecule has 1 fully saturated rings. The molecule has 0 aromatic heterocycles. The number of nitrogens with zero attached hydrogens (tertiary/aromatic N) is 1. The number of hydrogen-bond acceptors (Lipinski definition) is 7. The van der Waals surface area contributed by atoms with Crippen molar-refractivity contribution >= 4 is 11.9 Å². The van der Waals surface area contributed by atoms with Gasteiger partial charge < -0.3 is 23.8 Å². The molecule has 7 heteroatoms. The SMILES string of the molecule is CCCCCC(CCCCC)CCOC(=O)CCCCCCCCCC1(CCCCCCCCCC(=O)OCCC(CCCCC)CCCCC)OCC(CN(CC)CC)O1. The molecule has 61 heavy (non-hydrogen) atoms. The first-order chi connectivity index (χ1) is 29.8. The molecule has 0 saturated carbocycles. The van der Waals surface area contributed by atoms with Gasteiger partial charge in [0.25, 0.3) is 0 Å². The molecular formula is C54H105NO6. The Balaban J connectivity index is 2.27. The van der Waals surface area contributed by atoms with Gasteiger partial charge in [-0.3, -0.25) is 9.59 Å². The van der Waals surface area contributed by atoms with Crippen molar-refractivity contribution in [3.63, 3.8) is 0 Å². The predicted molar refractivity (Wildman–Crippen MR) is 259 cm³/mol. The fourth-order valence-electron chi connectivity index (χ4n) is 9.38. The Hall–Kier alpha value is -1.18. The van der Waals surface area contributed by atoms with Crippen LogP contribution < -0.4 is 0 Å². The van der Waals surface area contributed by atoms with Gasteiger partial charge in [0.1, 0.15) is 0 Å². The minimum absolute atomic E-state index is 0.000636. The van der Waals surface area contributed by atoms with Crippen LogP contribution in [0.5, 0.6) is 0 Å². The molecule has 0 bridgehead atoms. The Kier molecular flexibility index (Phi) is 39.4. The Morgan fingerprint density at radius 1 is 0.492 bits per heavy atom. The van der Waals surface area contributed by atoms with E-state index in [2.05, 4.69) is 46.4 Å². The third-order valence-electron chi connectivity index (χ3n) is 13.6. The first kappa shape index (κ1) is 57.8. The number of carbonyl (C=O) groups is 2. The van der Waals surface area contributed by atoms with Crippen LogP contribution >= 0.6 is 0 Å². The molecule has 0 aromatic rings. The second-order valence-corrected chi connectivity index (χ2v) is 19.1. The minimum atomic E-state index is -0.422. The van der Waals surface area contributed by atoms with E-state index in [0.29, 0.717) is 44.5 Å². The number of carbonyl (C=O) groups excluding carboxylic acids is 2. The van der Waals surface area contributed by atoms with E-state index in [-0.39, 0.29) is 18.0 Å². The largest absolute Gasteiger partial charge is 0.466 e. The molecule has 0 aromatic carbocycles. The monoisotopic (exact) mass is 864 g/mol. The number of rotatable bonds is 46. The average Bonchev–Trinajstić information content (AvgIpc) is 3.66. The van der Waals surface area contributed by atoms with Crippen LogP contribution in [0.15, 0.2) is 0 Å². The Labute approximate surface area is 380 Å². The van der Waals surface area contributed by atoms with Gasteiger partial charge in [0.2, 0.25) is 0 Å². The first-order valence-corrected chi connectivity index (χ1v) is 27.2. The van der Waals surface area contributed by atoms with Crippen molar-refractivity contribution < 1.29 is 28.5 Å². The summed E-state index contributed by atoms with van der Waals surface area (Å²) in [5.74, 6) is 1.01. The molecule has 1 atom stereocenters. The molecule has 0 spiro atoms. The molecule has 1 aliphatic rings. The van der Waals surface area contributed by atoms with Crippen LogP contribution in [0.1, 0.15) is 273 Å². The minimum Gasteiger partial charge on any atom is -0.466 e. The van der Waals surface area contributed by atoms with Crippen molar-refractivity contribution in [2.45, 2.75) is 285 Å². The second-order valence-electron chi connectivity index (χ2n) is 19.1. The molecule has 0 amide bonds. The molecular weight excluding hydrogens is 759 g/mol. The molecule has 1 heterocycles. The van der Waals surface area contributed by atoms with Gasteiger partial charge in [-0.05, 0) is 63.5 Å². The van der Waals surface area contributed by atoms with E-state index in [4.69, 9.17) is 18.9 Å². The highest BCUT2D eigenvalue weighted by molar-refractivity contribution is 5.69. The van der Waals surface area contributed by atoms with Crippen LogP contribution in [-0.2, 0) is 28.5 Å². The van der Waals surface area contributed by atoms with Gasteiger partial charge >= 0.3 is 11.9 Å². The van der Waals surface area contributed by atoms with Crippen molar-refractivity contribution in [3.05, 3.63) is 0 Å². The van der Waals surface area contributed by atoms with Crippen molar-refractivity contribution in [2.75, 3.05) is 39.5 Å². The second kappa shape index (κ2) is 41.5. The molecule has 0 radical (unpaired) electrons. The molecule has 1 unspecified atom stereocenters. The third-order valence-corrected chi connectivity index (χ3v) is 13.6. The number of unbranched alkanes of at least 4 members (excludes halogenated alkanes) is 20. The van der Waals surface area contributed by atoms with Crippen molar-refractivity contribution in [2.24, 2.45) is 11.8 Å². The summed E-state index contributed by atoms with van der Waals surface area (Å²) in [5, 5.41) is 0. The van der Waals surface area contributed by atoms with E-state index in [1.54, 1.807) is 0 Å². The van der Waals surface area contributed by atoms with E-state index in [9.17, 15) is 9.59 Å². The summed E-state index contributed by atoms with van der Waals surface area (Å²) in [6.45, 7) is 18.5. The third kappa shape index (κ3) is 33.0. The van der Waals surface area contributed by atoms with E-state index in [0.717, 1.165) is 83.8 Å². The lowest BCUT2D eigenvalue weighted by Crippen LogP contribution is -2.36. The van der Waals surface area contributed by atoms with Gasteiger partial charge in [-0.15, -0.1) is 0 Å². The van der Waals surface area contributed by atoms with Crippen LogP contribution in [0.2, 0.25) is 0 Å². The molecule has 0 N–H and O–H groups in total. The zero-order chi connectivity index (χ0) is 44.5. The van der Waals surface area contributed by atoms with E-state index in [1.165, 1.54) is 154 Å². The fraction of sp³-hybridized carbons (Fsp3) is 0.963. The van der Waals surface area contributed by atoms with Gasteiger partial charge in [-0.25, -0.2) is 0 Å². The molecule has 0 aliphatic carbocycles. The average molecular weight is 864 g/mol. The van der Waals surface area contributed by atoms with Gasteiger partial charge in [0.15, 0.2) is 5.79 Å². The Morgan fingerprint density at radius 2 is 0.852 bits per heavy atom. The number of likely N-dealkylation sites (N-methyl/N-ethyl adjacent to an activating group) is 1. The predicted octanol–water partition coefficient (Wildman–Crippen LogP) is 15.9. The first-order valence-electron chi connectivity index (χ1n) is 27.2. The van der Waals surface area contributed by atoms with Gasteiger partial charge in [0.05, 0.1) is 25.9 Å². The highest BCUT2D eigenvalue weighted by Gasteiger charge is 2.40. The maximum atomic E-state index is 12.4. The molecule has 1 rings (SSSR count). The smallest absolute Gasteiger partial charge is 0.305 e. The van der Waals surface area contributed by atoms with Gasteiger partial charge in [0, 0.05) is 32.2 Å². The van der Waals surface area contributed by atoms with Crippen molar-refractivity contribution in [3.8, 4) is 0 Å². The van der Waals surface area contributed by atoms with Crippen molar-refractivity contribution in [1.82, 2.24) is 4.90 Å². The zero-order valence-corrected chi connectivity index (χ0v) is 41.8. The summed E-state index contributed by atoms with van der Waals surface area (Å²) < 4.78 is 24.6. The van der Waals surface area contributed by atoms with Crippen LogP contribution in [0.4, 0.5) is 0 Å². The summed E-state index contributed by atoms with van der Waals surface area (Å²) >= 11 is 0. The van der Waals surface area contributed by atoms with Crippen LogP contribution in [0.25, 0.3) is 0 Å². The molecule has 1 saturated heterocycles. The highest BCUT2D eigenvalue weighted by atomic mass is 16.7. The highest BCUT2D eigenvalue weighted by Crippen LogP contribution is 2.35. The number of ether oxygens (including phenoxy) is 4. The van der Waals surface area contributed by atoms with E-state index >= 15 is 0 Å². The maximum Gasteiger partial charge on any atom is 0.305 e. The van der Waals surface area contributed by atoms with E-state index in [1.807, 2.05) is 0 Å². The molecule has 7 nitrogen and oxygen atoms in total. The number of hydrogen-bond donors (Lipinski definition) is 0. The van der Waals surface area contributed by atoms with E-state index < -0.39 is 5.79 Å². The normalized spacial score (nSPS) is 15.1. The lowest BCUT2D eigenvalue weighted by atomic mass is 9.92. The van der Waals surface area contributed by atoms with Crippen LogP contribution in [0, 0.1) is 11.8 Å². The summed E-state index contributed by atoms with van der Waals surface area (Å²) in [6.07, 6.45) is 42.2. The fourth-order valence-corrected chi connectivity index (χ4v) is 9.38. The zero-order valence-electron chi connectivity index (χ0n) is 41.8. The topological polar surface area (TPSA) is 74.3 Å². The summed E-state index contributed by atoms with van der Waals surface area (Å²) in [6, 6.07) is 0. The number of esters is 2. The molecule has 362 valence electrons. The summed E-state index contributed by atoms with van der Waals surface area (Å²) in [7, 11) is 0. The summed E-state index contributed by atoms with van der Waals surface area (Å²) in [4.78, 5) is 27.3. The van der Waals surface area contributed by atoms with Crippen molar-refractivity contribution in [1.29, 1.82) is 0 Å². The van der Waals surface area contributed by atoms with Gasteiger partial charge in [-0.2, -0.15) is 0 Å².